The monoisotopic (exact) mass is 426 g/mol. The summed E-state index contributed by atoms with van der Waals surface area (Å²) in [6.07, 6.45) is -1.64. The summed E-state index contributed by atoms with van der Waals surface area (Å²) in [6, 6.07) is 9.48. The van der Waals surface area contributed by atoms with Gasteiger partial charge in [-0.3, -0.25) is 9.52 Å². The average molecular weight is 426 g/mol. The Labute approximate surface area is 167 Å². The molecule has 0 aromatic heterocycles. The number of rotatable bonds is 4. The molecule has 2 aromatic rings. The molecule has 1 amide bonds. The predicted octanol–water partition coefficient (Wildman–Crippen LogP) is 4.52. The van der Waals surface area contributed by atoms with Crippen molar-refractivity contribution in [1.82, 2.24) is 4.90 Å². The predicted molar refractivity (Wildman–Crippen MR) is 103 cm³/mol. The second-order valence-electron chi connectivity index (χ2n) is 7.05. The number of alkyl halides is 3. The highest BCUT2D eigenvalue weighted by atomic mass is 32.2. The fourth-order valence-corrected chi connectivity index (χ4v) is 4.36. The van der Waals surface area contributed by atoms with Crippen molar-refractivity contribution in [2.45, 2.75) is 43.3 Å². The van der Waals surface area contributed by atoms with Gasteiger partial charge in [-0.15, -0.1) is 0 Å². The third-order valence-corrected chi connectivity index (χ3v) is 6.31. The van der Waals surface area contributed by atoms with E-state index in [2.05, 4.69) is 4.72 Å². The van der Waals surface area contributed by atoms with Crippen molar-refractivity contribution in [3.63, 3.8) is 0 Å². The smallest absolute Gasteiger partial charge is 0.336 e. The molecular formula is C20H21F3N2O3S. The lowest BCUT2D eigenvalue weighted by Gasteiger charge is -2.33. The van der Waals surface area contributed by atoms with E-state index in [4.69, 9.17) is 0 Å². The van der Waals surface area contributed by atoms with Gasteiger partial charge in [-0.2, -0.15) is 13.2 Å². The summed E-state index contributed by atoms with van der Waals surface area (Å²) in [5, 5.41) is 0. The van der Waals surface area contributed by atoms with Crippen LogP contribution in [0.5, 0.6) is 0 Å². The molecule has 2 aromatic carbocycles. The minimum Gasteiger partial charge on any atom is -0.336 e. The van der Waals surface area contributed by atoms with Crippen LogP contribution in [0.15, 0.2) is 53.4 Å². The number of nitrogens with zero attached hydrogens (tertiary/aromatic N) is 1. The Morgan fingerprint density at radius 1 is 1.10 bits per heavy atom. The summed E-state index contributed by atoms with van der Waals surface area (Å²) in [5.41, 5.74) is -0.770. The van der Waals surface area contributed by atoms with Crippen LogP contribution in [0.3, 0.4) is 0 Å². The van der Waals surface area contributed by atoms with Crippen molar-refractivity contribution in [3.05, 3.63) is 59.7 Å². The third-order valence-electron chi connectivity index (χ3n) is 4.92. The van der Waals surface area contributed by atoms with Crippen molar-refractivity contribution in [2.24, 2.45) is 0 Å². The summed E-state index contributed by atoms with van der Waals surface area (Å²) < 4.78 is 65.6. The van der Waals surface area contributed by atoms with Gasteiger partial charge >= 0.3 is 6.18 Å². The normalized spacial score (nSPS) is 17.8. The summed E-state index contributed by atoms with van der Waals surface area (Å²) in [6.45, 7) is 2.64. The summed E-state index contributed by atoms with van der Waals surface area (Å²) in [5.74, 6) is -0.160. The molecule has 29 heavy (non-hydrogen) atoms. The molecule has 0 bridgehead atoms. The number of likely N-dealkylation sites (tertiary alicyclic amines) is 1. The molecule has 1 aliphatic heterocycles. The SMILES string of the molecule is CC1CCCCN1C(=O)c1ccc(S(=O)(=O)Nc2cccc(C(F)(F)F)c2)cc1. The molecule has 1 fully saturated rings. The van der Waals surface area contributed by atoms with E-state index < -0.39 is 21.8 Å². The van der Waals surface area contributed by atoms with E-state index in [1.165, 1.54) is 30.3 Å². The number of anilines is 1. The van der Waals surface area contributed by atoms with E-state index in [-0.39, 0.29) is 22.5 Å². The molecule has 0 spiro atoms. The van der Waals surface area contributed by atoms with Crippen LogP contribution in [-0.2, 0) is 16.2 Å². The molecule has 9 heteroatoms. The van der Waals surface area contributed by atoms with Crippen molar-refractivity contribution >= 4 is 21.6 Å². The lowest BCUT2D eigenvalue weighted by molar-refractivity contribution is -0.137. The van der Waals surface area contributed by atoms with Gasteiger partial charge in [-0.25, -0.2) is 8.42 Å². The molecule has 5 nitrogen and oxygen atoms in total. The number of halogens is 3. The minimum atomic E-state index is -4.57. The zero-order chi connectivity index (χ0) is 21.2. The van der Waals surface area contributed by atoms with Crippen LogP contribution in [0.2, 0.25) is 0 Å². The number of carbonyl (C=O) groups is 1. The Morgan fingerprint density at radius 3 is 2.41 bits per heavy atom. The number of carbonyl (C=O) groups excluding carboxylic acids is 1. The van der Waals surface area contributed by atoms with Gasteiger partial charge < -0.3 is 4.90 Å². The molecule has 1 heterocycles. The zero-order valence-corrected chi connectivity index (χ0v) is 16.6. The molecular weight excluding hydrogens is 405 g/mol. The number of hydrogen-bond donors (Lipinski definition) is 1. The number of amides is 1. The van der Waals surface area contributed by atoms with Gasteiger partial charge in [0.1, 0.15) is 0 Å². The first-order chi connectivity index (χ1) is 13.6. The minimum absolute atomic E-state index is 0.127. The molecule has 156 valence electrons. The van der Waals surface area contributed by atoms with Crippen molar-refractivity contribution < 1.29 is 26.4 Å². The number of benzene rings is 2. The Morgan fingerprint density at radius 2 is 1.79 bits per heavy atom. The lowest BCUT2D eigenvalue weighted by Crippen LogP contribution is -2.42. The Balaban J connectivity index is 1.77. The first-order valence-electron chi connectivity index (χ1n) is 9.19. The number of piperidine rings is 1. The van der Waals surface area contributed by atoms with Gasteiger partial charge in [-0.05, 0) is 68.7 Å². The maximum atomic E-state index is 12.8. The van der Waals surface area contributed by atoms with Crippen LogP contribution >= 0.6 is 0 Å². The quantitative estimate of drug-likeness (QED) is 0.782. The lowest BCUT2D eigenvalue weighted by atomic mass is 10.0. The second-order valence-corrected chi connectivity index (χ2v) is 8.73. The molecule has 1 atom stereocenters. The summed E-state index contributed by atoms with van der Waals surface area (Å²) in [4.78, 5) is 14.3. The largest absolute Gasteiger partial charge is 0.416 e. The van der Waals surface area contributed by atoms with Gasteiger partial charge in [0, 0.05) is 23.8 Å². The van der Waals surface area contributed by atoms with Crippen LogP contribution in [0.4, 0.5) is 18.9 Å². The molecule has 0 aliphatic carbocycles. The first-order valence-corrected chi connectivity index (χ1v) is 10.7. The maximum Gasteiger partial charge on any atom is 0.416 e. The van der Waals surface area contributed by atoms with E-state index in [0.29, 0.717) is 12.1 Å². The topological polar surface area (TPSA) is 66.5 Å². The molecule has 1 aliphatic rings. The third kappa shape index (κ3) is 4.90. The van der Waals surface area contributed by atoms with Gasteiger partial charge in [0.05, 0.1) is 10.5 Å². The van der Waals surface area contributed by atoms with E-state index in [0.717, 1.165) is 37.5 Å². The Hall–Kier alpha value is -2.55. The number of sulfonamides is 1. The molecule has 1 unspecified atom stereocenters. The van der Waals surface area contributed by atoms with Crippen LogP contribution < -0.4 is 4.72 Å². The molecule has 1 saturated heterocycles. The van der Waals surface area contributed by atoms with E-state index in [1.807, 2.05) is 6.92 Å². The van der Waals surface area contributed by atoms with Crippen molar-refractivity contribution in [2.75, 3.05) is 11.3 Å². The van der Waals surface area contributed by atoms with Gasteiger partial charge in [0.2, 0.25) is 0 Å². The maximum absolute atomic E-state index is 12.8. The van der Waals surface area contributed by atoms with Crippen LogP contribution in [0.25, 0.3) is 0 Å². The van der Waals surface area contributed by atoms with E-state index in [9.17, 15) is 26.4 Å². The first kappa shape index (κ1) is 21.2. The van der Waals surface area contributed by atoms with E-state index in [1.54, 1.807) is 4.90 Å². The molecule has 0 radical (unpaired) electrons. The van der Waals surface area contributed by atoms with Crippen LogP contribution in [-0.4, -0.2) is 31.8 Å². The highest BCUT2D eigenvalue weighted by Gasteiger charge is 2.31. The fourth-order valence-electron chi connectivity index (χ4n) is 3.32. The molecule has 0 saturated carbocycles. The summed E-state index contributed by atoms with van der Waals surface area (Å²) >= 11 is 0. The second kappa shape index (κ2) is 8.06. The zero-order valence-electron chi connectivity index (χ0n) is 15.7. The number of hydrogen-bond acceptors (Lipinski definition) is 3. The van der Waals surface area contributed by atoms with Crippen LogP contribution in [0, 0.1) is 0 Å². The van der Waals surface area contributed by atoms with Gasteiger partial charge in [0.15, 0.2) is 0 Å². The average Bonchev–Trinajstić information content (AvgIpc) is 2.67. The summed E-state index contributed by atoms with van der Waals surface area (Å²) in [7, 11) is -4.10. The standard InChI is InChI=1S/C20H21F3N2O3S/c1-14-5-2-3-12-25(14)19(26)15-8-10-18(11-9-15)29(27,28)24-17-7-4-6-16(13-17)20(21,22)23/h4,6-11,13-14,24H,2-3,5,12H2,1H3. The van der Waals surface area contributed by atoms with Gasteiger partial charge in [0.25, 0.3) is 15.9 Å². The van der Waals surface area contributed by atoms with Gasteiger partial charge in [-0.1, -0.05) is 6.07 Å². The highest BCUT2D eigenvalue weighted by Crippen LogP contribution is 2.31. The number of nitrogens with one attached hydrogen (secondary N) is 1. The van der Waals surface area contributed by atoms with Crippen molar-refractivity contribution in [3.8, 4) is 0 Å². The molecule has 1 N–H and O–H groups in total. The van der Waals surface area contributed by atoms with Crippen molar-refractivity contribution in [1.29, 1.82) is 0 Å². The Bertz CT molecular complexity index is 989. The highest BCUT2D eigenvalue weighted by molar-refractivity contribution is 7.92. The molecule has 3 rings (SSSR count). The Kier molecular flexibility index (Phi) is 5.88. The van der Waals surface area contributed by atoms with Crippen LogP contribution in [0.1, 0.15) is 42.1 Å². The van der Waals surface area contributed by atoms with E-state index >= 15 is 0 Å². The fraction of sp³-hybridized carbons (Fsp3) is 0.350.